The SMILES string of the molecule is CCNCc1ccc(S(=O)(=O)N(C)CC(C)C)cc1. The molecule has 4 nitrogen and oxygen atoms in total. The second-order valence-electron chi connectivity index (χ2n) is 5.10. The van der Waals surface area contributed by atoms with Crippen LogP contribution in [0.3, 0.4) is 0 Å². The van der Waals surface area contributed by atoms with Crippen molar-refractivity contribution in [1.82, 2.24) is 9.62 Å². The number of benzene rings is 1. The van der Waals surface area contributed by atoms with Crippen LogP contribution in [-0.4, -0.2) is 32.9 Å². The van der Waals surface area contributed by atoms with Gasteiger partial charge in [-0.15, -0.1) is 0 Å². The van der Waals surface area contributed by atoms with Gasteiger partial charge in [-0.2, -0.15) is 0 Å². The van der Waals surface area contributed by atoms with Crippen LogP contribution in [0.4, 0.5) is 0 Å². The molecule has 0 aliphatic heterocycles. The van der Waals surface area contributed by atoms with E-state index < -0.39 is 10.0 Å². The number of nitrogens with zero attached hydrogens (tertiary/aromatic N) is 1. The zero-order valence-electron chi connectivity index (χ0n) is 12.2. The highest BCUT2D eigenvalue weighted by Crippen LogP contribution is 2.16. The minimum absolute atomic E-state index is 0.313. The maximum atomic E-state index is 12.3. The Hall–Kier alpha value is -0.910. The Labute approximate surface area is 116 Å². The summed E-state index contributed by atoms with van der Waals surface area (Å²) in [6, 6.07) is 7.08. The van der Waals surface area contributed by atoms with Crippen molar-refractivity contribution in [2.45, 2.75) is 32.2 Å². The zero-order chi connectivity index (χ0) is 14.5. The predicted molar refractivity (Wildman–Crippen MR) is 78.5 cm³/mol. The maximum Gasteiger partial charge on any atom is 0.242 e. The van der Waals surface area contributed by atoms with Crippen molar-refractivity contribution < 1.29 is 8.42 Å². The summed E-state index contributed by atoms with van der Waals surface area (Å²) in [5.41, 5.74) is 1.09. The van der Waals surface area contributed by atoms with Gasteiger partial charge in [0.15, 0.2) is 0 Å². The van der Waals surface area contributed by atoms with E-state index in [1.54, 1.807) is 19.2 Å². The quantitative estimate of drug-likeness (QED) is 0.834. The first-order valence-electron chi connectivity index (χ1n) is 6.64. The third kappa shape index (κ3) is 4.60. The fourth-order valence-electron chi connectivity index (χ4n) is 1.84. The molecule has 0 fully saturated rings. The summed E-state index contributed by atoms with van der Waals surface area (Å²) in [5, 5.41) is 3.21. The van der Waals surface area contributed by atoms with Gasteiger partial charge in [0, 0.05) is 20.1 Å². The van der Waals surface area contributed by atoms with E-state index >= 15 is 0 Å². The highest BCUT2D eigenvalue weighted by atomic mass is 32.2. The molecule has 0 spiro atoms. The van der Waals surface area contributed by atoms with Crippen molar-refractivity contribution in [1.29, 1.82) is 0 Å². The fraction of sp³-hybridized carbons (Fsp3) is 0.571. The van der Waals surface area contributed by atoms with Gasteiger partial charge in [-0.3, -0.25) is 0 Å². The van der Waals surface area contributed by atoms with Gasteiger partial charge in [0.2, 0.25) is 10.0 Å². The minimum atomic E-state index is -3.36. The number of nitrogens with one attached hydrogen (secondary N) is 1. The predicted octanol–water partition coefficient (Wildman–Crippen LogP) is 2.07. The minimum Gasteiger partial charge on any atom is -0.313 e. The first-order chi connectivity index (χ1) is 8.87. The van der Waals surface area contributed by atoms with Gasteiger partial charge < -0.3 is 5.32 Å². The number of sulfonamides is 1. The average molecular weight is 284 g/mol. The van der Waals surface area contributed by atoms with Gasteiger partial charge >= 0.3 is 0 Å². The van der Waals surface area contributed by atoms with E-state index in [9.17, 15) is 8.42 Å². The summed E-state index contributed by atoms with van der Waals surface area (Å²) >= 11 is 0. The van der Waals surface area contributed by atoms with Crippen LogP contribution in [0.1, 0.15) is 26.3 Å². The Morgan fingerprint density at radius 2 is 1.79 bits per heavy atom. The molecule has 0 aliphatic rings. The fourth-order valence-corrected chi connectivity index (χ4v) is 3.18. The molecular weight excluding hydrogens is 260 g/mol. The Kier molecular flexibility index (Phi) is 5.97. The first-order valence-corrected chi connectivity index (χ1v) is 8.08. The molecule has 0 radical (unpaired) electrons. The third-order valence-electron chi connectivity index (χ3n) is 2.83. The Morgan fingerprint density at radius 3 is 2.26 bits per heavy atom. The van der Waals surface area contributed by atoms with E-state index in [1.807, 2.05) is 32.9 Å². The average Bonchev–Trinajstić information content (AvgIpc) is 2.36. The summed E-state index contributed by atoms with van der Waals surface area (Å²) in [6.07, 6.45) is 0. The summed E-state index contributed by atoms with van der Waals surface area (Å²) in [7, 11) is -1.73. The molecule has 108 valence electrons. The second-order valence-corrected chi connectivity index (χ2v) is 7.15. The van der Waals surface area contributed by atoms with Crippen molar-refractivity contribution in [3.05, 3.63) is 29.8 Å². The molecule has 0 atom stereocenters. The van der Waals surface area contributed by atoms with Crippen LogP contribution in [0.15, 0.2) is 29.2 Å². The standard InChI is InChI=1S/C14H24N2O2S/c1-5-15-10-13-6-8-14(9-7-13)19(17,18)16(4)11-12(2)3/h6-9,12,15H,5,10-11H2,1-4H3. The molecular formula is C14H24N2O2S. The number of hydrogen-bond donors (Lipinski definition) is 1. The zero-order valence-corrected chi connectivity index (χ0v) is 13.0. The van der Waals surface area contributed by atoms with Crippen LogP contribution >= 0.6 is 0 Å². The van der Waals surface area contributed by atoms with Gasteiger partial charge in [-0.1, -0.05) is 32.9 Å². The second kappa shape index (κ2) is 7.03. The van der Waals surface area contributed by atoms with Gasteiger partial charge in [-0.25, -0.2) is 12.7 Å². The molecule has 1 rings (SSSR count). The van der Waals surface area contributed by atoms with E-state index in [0.29, 0.717) is 17.4 Å². The molecule has 5 heteroatoms. The smallest absolute Gasteiger partial charge is 0.242 e. The number of rotatable bonds is 7. The van der Waals surface area contributed by atoms with Gasteiger partial charge in [0.25, 0.3) is 0 Å². The molecule has 0 aromatic heterocycles. The Morgan fingerprint density at radius 1 is 1.21 bits per heavy atom. The summed E-state index contributed by atoms with van der Waals surface area (Å²) in [5.74, 6) is 0.313. The van der Waals surface area contributed by atoms with E-state index in [4.69, 9.17) is 0 Å². The van der Waals surface area contributed by atoms with Crippen molar-refractivity contribution in [2.75, 3.05) is 20.1 Å². The third-order valence-corrected chi connectivity index (χ3v) is 4.67. The van der Waals surface area contributed by atoms with Gasteiger partial charge in [0.05, 0.1) is 4.90 Å². The lowest BCUT2D eigenvalue weighted by Gasteiger charge is -2.19. The normalized spacial score (nSPS) is 12.3. The van der Waals surface area contributed by atoms with Crippen LogP contribution in [0.25, 0.3) is 0 Å². The summed E-state index contributed by atoms with van der Waals surface area (Å²) in [6.45, 7) is 8.24. The molecule has 0 bridgehead atoms. The lowest BCUT2D eigenvalue weighted by atomic mass is 10.2. The first kappa shape index (κ1) is 16.1. The molecule has 0 aliphatic carbocycles. The molecule has 0 heterocycles. The monoisotopic (exact) mass is 284 g/mol. The van der Waals surface area contributed by atoms with Gasteiger partial charge in [0.1, 0.15) is 0 Å². The molecule has 0 amide bonds. The largest absolute Gasteiger partial charge is 0.313 e. The topological polar surface area (TPSA) is 49.4 Å². The summed E-state index contributed by atoms with van der Waals surface area (Å²) < 4.78 is 26.0. The molecule has 0 saturated heterocycles. The number of hydrogen-bond acceptors (Lipinski definition) is 3. The molecule has 1 N–H and O–H groups in total. The lowest BCUT2D eigenvalue weighted by molar-refractivity contribution is 0.417. The van der Waals surface area contributed by atoms with Crippen molar-refractivity contribution in [3.63, 3.8) is 0 Å². The highest BCUT2D eigenvalue weighted by Gasteiger charge is 2.20. The van der Waals surface area contributed by atoms with Gasteiger partial charge in [-0.05, 0) is 30.2 Å². The van der Waals surface area contributed by atoms with Crippen LogP contribution in [0, 0.1) is 5.92 Å². The van der Waals surface area contributed by atoms with Crippen molar-refractivity contribution >= 4 is 10.0 Å². The lowest BCUT2D eigenvalue weighted by Crippen LogP contribution is -2.30. The Bertz CT molecular complexity index is 481. The van der Waals surface area contributed by atoms with E-state index in [-0.39, 0.29) is 0 Å². The van der Waals surface area contributed by atoms with Crippen LogP contribution in [-0.2, 0) is 16.6 Å². The molecule has 19 heavy (non-hydrogen) atoms. The molecule has 1 aromatic carbocycles. The highest BCUT2D eigenvalue weighted by molar-refractivity contribution is 7.89. The van der Waals surface area contributed by atoms with Crippen LogP contribution < -0.4 is 5.32 Å². The van der Waals surface area contributed by atoms with Crippen molar-refractivity contribution in [2.24, 2.45) is 5.92 Å². The molecule has 0 unspecified atom stereocenters. The van der Waals surface area contributed by atoms with E-state index in [1.165, 1.54) is 4.31 Å². The molecule has 1 aromatic rings. The van der Waals surface area contributed by atoms with Crippen LogP contribution in [0.2, 0.25) is 0 Å². The van der Waals surface area contributed by atoms with E-state index in [2.05, 4.69) is 5.32 Å². The molecule has 0 saturated carbocycles. The van der Waals surface area contributed by atoms with E-state index in [0.717, 1.165) is 18.7 Å². The maximum absolute atomic E-state index is 12.3. The Balaban J connectivity index is 2.84. The van der Waals surface area contributed by atoms with Crippen molar-refractivity contribution in [3.8, 4) is 0 Å². The summed E-state index contributed by atoms with van der Waals surface area (Å²) in [4.78, 5) is 0.357. The van der Waals surface area contributed by atoms with Crippen LogP contribution in [0.5, 0.6) is 0 Å².